The number of Topliss-reactive ketones (excluding diaryl/α,β-unsaturated/α-hetero) is 1. The van der Waals surface area contributed by atoms with Crippen LogP contribution in [-0.4, -0.2) is 16.5 Å². The van der Waals surface area contributed by atoms with E-state index in [1.54, 1.807) is 6.92 Å². The molecule has 19 heavy (non-hydrogen) atoms. The number of aromatic nitrogens is 1. The van der Waals surface area contributed by atoms with Gasteiger partial charge in [0.05, 0.1) is 22.6 Å². The predicted octanol–water partition coefficient (Wildman–Crippen LogP) is 3.92. The fraction of sp³-hybridized carbons (Fsp3) is 0.312. The topological polar surface area (TPSA) is 42.3 Å². The van der Waals surface area contributed by atoms with E-state index in [0.717, 1.165) is 27.8 Å². The highest BCUT2D eigenvalue weighted by Crippen LogP contribution is 2.29. The summed E-state index contributed by atoms with van der Waals surface area (Å²) in [5, 5.41) is 1.09. The molecule has 0 aliphatic carbocycles. The molecular formula is C16H18N2O. The van der Waals surface area contributed by atoms with E-state index in [9.17, 15) is 4.79 Å². The van der Waals surface area contributed by atoms with Gasteiger partial charge >= 0.3 is 0 Å². The van der Waals surface area contributed by atoms with Crippen molar-refractivity contribution in [2.75, 3.05) is 0 Å². The van der Waals surface area contributed by atoms with E-state index < -0.39 is 0 Å². The number of pyridine rings is 1. The van der Waals surface area contributed by atoms with Crippen LogP contribution in [0.5, 0.6) is 0 Å². The molecule has 0 amide bonds. The first kappa shape index (κ1) is 13.4. The van der Waals surface area contributed by atoms with Crippen LogP contribution < -0.4 is 0 Å². The van der Waals surface area contributed by atoms with Gasteiger partial charge < -0.3 is 0 Å². The van der Waals surface area contributed by atoms with Gasteiger partial charge in [-0.05, 0) is 32.4 Å². The van der Waals surface area contributed by atoms with E-state index >= 15 is 0 Å². The van der Waals surface area contributed by atoms with Gasteiger partial charge in [0.2, 0.25) is 0 Å². The maximum atomic E-state index is 11.7. The Hall–Kier alpha value is -2.03. The summed E-state index contributed by atoms with van der Waals surface area (Å²) in [6, 6.07) is 7.99. The standard InChI is InChI=1S/C16H18N2O/c1-5-15(19)11(3)18-16-10(2)13-8-6-7-9-14(13)17-12(16)4/h6-9H,5H2,1-4H3/b18-11+. The molecule has 3 nitrogen and oxygen atoms in total. The second-order valence-electron chi connectivity index (χ2n) is 4.66. The van der Waals surface area contributed by atoms with Gasteiger partial charge in [0.1, 0.15) is 0 Å². The third kappa shape index (κ3) is 2.55. The Bertz CT molecular complexity index is 672. The second kappa shape index (κ2) is 5.31. The first-order chi connectivity index (χ1) is 9.04. The molecule has 3 heteroatoms. The summed E-state index contributed by atoms with van der Waals surface area (Å²) in [6.07, 6.45) is 0.481. The van der Waals surface area contributed by atoms with Crippen molar-refractivity contribution in [2.45, 2.75) is 34.1 Å². The van der Waals surface area contributed by atoms with Gasteiger partial charge in [-0.25, -0.2) is 4.99 Å². The lowest BCUT2D eigenvalue weighted by Crippen LogP contribution is -2.08. The van der Waals surface area contributed by atoms with Gasteiger partial charge in [0.15, 0.2) is 5.78 Å². The molecule has 0 spiro atoms. The number of benzene rings is 1. The Morgan fingerprint density at radius 2 is 1.95 bits per heavy atom. The zero-order valence-electron chi connectivity index (χ0n) is 11.8. The van der Waals surface area contributed by atoms with E-state index in [-0.39, 0.29) is 5.78 Å². The summed E-state index contributed by atoms with van der Waals surface area (Å²) in [7, 11) is 0. The van der Waals surface area contributed by atoms with Crippen LogP contribution >= 0.6 is 0 Å². The zero-order valence-corrected chi connectivity index (χ0v) is 11.8. The number of hydrogen-bond donors (Lipinski definition) is 0. The fourth-order valence-corrected chi connectivity index (χ4v) is 2.17. The maximum Gasteiger partial charge on any atom is 0.176 e. The molecule has 0 fully saturated rings. The highest BCUT2D eigenvalue weighted by molar-refractivity contribution is 6.39. The van der Waals surface area contributed by atoms with Crippen LogP contribution in [-0.2, 0) is 4.79 Å². The van der Waals surface area contributed by atoms with Crippen molar-refractivity contribution in [3.8, 4) is 0 Å². The minimum Gasteiger partial charge on any atom is -0.293 e. The maximum absolute atomic E-state index is 11.7. The molecule has 0 unspecified atom stereocenters. The van der Waals surface area contributed by atoms with Gasteiger partial charge in [-0.3, -0.25) is 9.78 Å². The van der Waals surface area contributed by atoms with E-state index in [2.05, 4.69) is 9.98 Å². The van der Waals surface area contributed by atoms with Gasteiger partial charge in [0.25, 0.3) is 0 Å². The minimum atomic E-state index is 0.0759. The number of carbonyl (C=O) groups is 1. The molecule has 2 aromatic rings. The van der Waals surface area contributed by atoms with Crippen LogP contribution in [0.2, 0.25) is 0 Å². The number of fused-ring (bicyclic) bond motifs is 1. The number of hydrogen-bond acceptors (Lipinski definition) is 3. The average Bonchev–Trinajstić information content (AvgIpc) is 2.42. The summed E-state index contributed by atoms with van der Waals surface area (Å²) < 4.78 is 0. The van der Waals surface area contributed by atoms with Crippen molar-refractivity contribution in [3.63, 3.8) is 0 Å². The summed E-state index contributed by atoms with van der Waals surface area (Å²) >= 11 is 0. The van der Waals surface area contributed by atoms with Gasteiger partial charge in [-0.2, -0.15) is 0 Å². The highest BCUT2D eigenvalue weighted by Gasteiger charge is 2.10. The van der Waals surface area contributed by atoms with Crippen LogP contribution in [0.15, 0.2) is 29.3 Å². The summed E-state index contributed by atoms with van der Waals surface area (Å²) in [4.78, 5) is 20.7. The fourth-order valence-electron chi connectivity index (χ4n) is 2.17. The number of rotatable bonds is 3. The number of carbonyl (C=O) groups excluding carboxylic acids is 1. The lowest BCUT2D eigenvalue weighted by molar-refractivity contribution is -0.112. The molecule has 1 heterocycles. The Morgan fingerprint density at radius 3 is 2.63 bits per heavy atom. The van der Waals surface area contributed by atoms with Crippen LogP contribution in [0.4, 0.5) is 5.69 Å². The summed E-state index contributed by atoms with van der Waals surface area (Å²) in [5.74, 6) is 0.0759. The van der Waals surface area contributed by atoms with Crippen molar-refractivity contribution < 1.29 is 4.79 Å². The molecule has 98 valence electrons. The van der Waals surface area contributed by atoms with Crippen molar-refractivity contribution in [3.05, 3.63) is 35.5 Å². The minimum absolute atomic E-state index is 0.0759. The number of para-hydroxylation sites is 1. The number of aliphatic imine (C=N–C) groups is 1. The molecule has 0 aliphatic heterocycles. The Labute approximate surface area is 113 Å². The van der Waals surface area contributed by atoms with Crippen LogP contribution in [0, 0.1) is 13.8 Å². The molecule has 0 N–H and O–H groups in total. The molecule has 0 saturated heterocycles. The van der Waals surface area contributed by atoms with E-state index in [4.69, 9.17) is 0 Å². The summed E-state index contributed by atoms with van der Waals surface area (Å²) in [5.41, 5.74) is 4.27. The van der Waals surface area contributed by atoms with E-state index in [1.165, 1.54) is 0 Å². The molecule has 0 saturated carbocycles. The molecule has 0 atom stereocenters. The third-order valence-electron chi connectivity index (χ3n) is 3.30. The monoisotopic (exact) mass is 254 g/mol. The molecular weight excluding hydrogens is 236 g/mol. The molecule has 1 aromatic carbocycles. The third-order valence-corrected chi connectivity index (χ3v) is 3.30. The van der Waals surface area contributed by atoms with Gasteiger partial charge in [0, 0.05) is 11.8 Å². The van der Waals surface area contributed by atoms with E-state index in [1.807, 2.05) is 45.0 Å². The largest absolute Gasteiger partial charge is 0.293 e. The van der Waals surface area contributed by atoms with Crippen LogP contribution in [0.1, 0.15) is 31.5 Å². The highest BCUT2D eigenvalue weighted by atomic mass is 16.1. The van der Waals surface area contributed by atoms with Crippen molar-refractivity contribution in [2.24, 2.45) is 4.99 Å². The molecule has 2 rings (SSSR count). The zero-order chi connectivity index (χ0) is 14.0. The number of aryl methyl sites for hydroxylation is 2. The quantitative estimate of drug-likeness (QED) is 0.779. The van der Waals surface area contributed by atoms with E-state index in [0.29, 0.717) is 12.1 Å². The first-order valence-electron chi connectivity index (χ1n) is 6.49. The summed E-state index contributed by atoms with van der Waals surface area (Å²) in [6.45, 7) is 7.57. The van der Waals surface area contributed by atoms with Crippen LogP contribution in [0.3, 0.4) is 0 Å². The van der Waals surface area contributed by atoms with Crippen molar-refractivity contribution >= 4 is 28.1 Å². The first-order valence-corrected chi connectivity index (χ1v) is 6.49. The normalized spacial score (nSPS) is 11.9. The molecule has 0 aliphatic rings. The average molecular weight is 254 g/mol. The molecule has 0 bridgehead atoms. The Kier molecular flexibility index (Phi) is 3.74. The molecule has 1 aromatic heterocycles. The van der Waals surface area contributed by atoms with Gasteiger partial charge in [-0.1, -0.05) is 25.1 Å². The van der Waals surface area contributed by atoms with Crippen LogP contribution in [0.25, 0.3) is 10.9 Å². The lowest BCUT2D eigenvalue weighted by Gasteiger charge is -2.09. The Morgan fingerprint density at radius 1 is 1.26 bits per heavy atom. The number of nitrogens with zero attached hydrogens (tertiary/aromatic N) is 2. The van der Waals surface area contributed by atoms with Crippen molar-refractivity contribution in [1.29, 1.82) is 0 Å². The SMILES string of the molecule is CCC(=O)/C(C)=N/c1c(C)nc2ccccc2c1C. The second-order valence-corrected chi connectivity index (χ2v) is 4.66. The lowest BCUT2D eigenvalue weighted by atomic mass is 10.1. The predicted molar refractivity (Wildman–Crippen MR) is 79.3 cm³/mol. The smallest absolute Gasteiger partial charge is 0.176 e. The Balaban J connectivity index is 2.64. The van der Waals surface area contributed by atoms with Crippen molar-refractivity contribution in [1.82, 2.24) is 4.98 Å². The number of ketones is 1. The van der Waals surface area contributed by atoms with Gasteiger partial charge in [-0.15, -0.1) is 0 Å². The molecule has 0 radical (unpaired) electrons.